The zero-order valence-electron chi connectivity index (χ0n) is 15.4. The van der Waals surface area contributed by atoms with Crippen LogP contribution in [0.4, 0.5) is 4.39 Å². The van der Waals surface area contributed by atoms with Gasteiger partial charge in [-0.3, -0.25) is 9.29 Å². The Hall–Kier alpha value is -2.24. The van der Waals surface area contributed by atoms with Crippen LogP contribution in [0, 0.1) is 0 Å². The first-order valence-corrected chi connectivity index (χ1v) is 9.47. The summed E-state index contributed by atoms with van der Waals surface area (Å²) in [5, 5.41) is 11.4. The summed E-state index contributed by atoms with van der Waals surface area (Å²) in [6.07, 6.45) is 1.82. The molecule has 0 aliphatic carbocycles. The molecule has 5 heteroatoms. The first kappa shape index (κ1) is 19.5. The van der Waals surface area contributed by atoms with Gasteiger partial charge in [0.25, 0.3) is 0 Å². The molecule has 1 heterocycles. The standard InChI is InChI=1S/C22H26FNO3/c23-14-8-16-24-15-7-13-20(17-24)27-21(25)22(26,18-9-3-1-4-10-18)19-11-5-2-6-12-19/h1-6,9-12,20,26H,7-8,13-17H2. The summed E-state index contributed by atoms with van der Waals surface area (Å²) in [5.41, 5.74) is -0.901. The van der Waals surface area contributed by atoms with Crippen LogP contribution in [-0.4, -0.2) is 48.4 Å². The number of esters is 1. The number of rotatable bonds is 7. The Bertz CT molecular complexity index is 683. The molecule has 0 aromatic heterocycles. The van der Waals surface area contributed by atoms with E-state index in [2.05, 4.69) is 4.90 Å². The minimum atomic E-state index is -1.86. The average molecular weight is 371 g/mol. The molecule has 1 N–H and O–H groups in total. The summed E-state index contributed by atoms with van der Waals surface area (Å²) in [4.78, 5) is 15.2. The summed E-state index contributed by atoms with van der Waals surface area (Å²) in [6, 6.07) is 17.7. The predicted octanol–water partition coefficient (Wildman–Crippen LogP) is 3.29. The van der Waals surface area contributed by atoms with Crippen LogP contribution in [0.15, 0.2) is 60.7 Å². The van der Waals surface area contributed by atoms with Crippen molar-refractivity contribution in [3.63, 3.8) is 0 Å². The Morgan fingerprint density at radius 2 is 1.70 bits per heavy atom. The highest BCUT2D eigenvalue weighted by Gasteiger charge is 2.43. The van der Waals surface area contributed by atoms with Crippen LogP contribution >= 0.6 is 0 Å². The quantitative estimate of drug-likeness (QED) is 0.759. The number of alkyl halides is 1. The molecule has 2 aromatic carbocycles. The molecule has 0 radical (unpaired) electrons. The van der Waals surface area contributed by atoms with E-state index in [1.807, 2.05) is 12.1 Å². The van der Waals surface area contributed by atoms with Gasteiger partial charge in [0.1, 0.15) is 6.10 Å². The second-order valence-corrected chi connectivity index (χ2v) is 6.96. The van der Waals surface area contributed by atoms with Crippen LogP contribution in [0.25, 0.3) is 0 Å². The maximum atomic E-state index is 13.1. The van der Waals surface area contributed by atoms with Crippen molar-refractivity contribution in [1.82, 2.24) is 4.90 Å². The summed E-state index contributed by atoms with van der Waals surface area (Å²) >= 11 is 0. The van der Waals surface area contributed by atoms with Crippen molar-refractivity contribution in [2.24, 2.45) is 0 Å². The number of piperidine rings is 1. The number of carbonyl (C=O) groups is 1. The Morgan fingerprint density at radius 1 is 1.11 bits per heavy atom. The second-order valence-electron chi connectivity index (χ2n) is 6.96. The summed E-state index contributed by atoms with van der Waals surface area (Å²) in [5.74, 6) is -0.669. The van der Waals surface area contributed by atoms with E-state index in [9.17, 15) is 14.3 Å². The van der Waals surface area contributed by atoms with Gasteiger partial charge in [0.2, 0.25) is 5.60 Å². The van der Waals surface area contributed by atoms with E-state index in [-0.39, 0.29) is 12.8 Å². The Kier molecular flexibility index (Phi) is 6.58. The van der Waals surface area contributed by atoms with Crippen molar-refractivity contribution in [2.45, 2.75) is 31.0 Å². The van der Waals surface area contributed by atoms with Crippen LogP contribution < -0.4 is 0 Å². The van der Waals surface area contributed by atoms with Gasteiger partial charge >= 0.3 is 5.97 Å². The van der Waals surface area contributed by atoms with Gasteiger partial charge in [-0.15, -0.1) is 0 Å². The smallest absolute Gasteiger partial charge is 0.348 e. The third-order valence-corrected chi connectivity index (χ3v) is 5.02. The number of halogens is 1. The number of hydrogen-bond donors (Lipinski definition) is 1. The predicted molar refractivity (Wildman–Crippen MR) is 102 cm³/mol. The van der Waals surface area contributed by atoms with Crippen LogP contribution in [0.2, 0.25) is 0 Å². The molecular formula is C22H26FNO3. The molecule has 4 nitrogen and oxygen atoms in total. The molecule has 1 saturated heterocycles. The van der Waals surface area contributed by atoms with Crippen molar-refractivity contribution >= 4 is 5.97 Å². The molecule has 1 fully saturated rings. The fraction of sp³-hybridized carbons (Fsp3) is 0.409. The molecule has 144 valence electrons. The molecule has 1 unspecified atom stereocenters. The van der Waals surface area contributed by atoms with Gasteiger partial charge in [-0.25, -0.2) is 4.79 Å². The molecule has 1 aliphatic heterocycles. The Labute approximate surface area is 159 Å². The summed E-state index contributed by atoms with van der Waals surface area (Å²) < 4.78 is 18.2. The lowest BCUT2D eigenvalue weighted by molar-refractivity contribution is -0.170. The molecule has 0 saturated carbocycles. The van der Waals surface area contributed by atoms with Crippen LogP contribution in [0.5, 0.6) is 0 Å². The van der Waals surface area contributed by atoms with E-state index < -0.39 is 11.6 Å². The lowest BCUT2D eigenvalue weighted by atomic mass is 9.86. The zero-order valence-corrected chi connectivity index (χ0v) is 15.4. The van der Waals surface area contributed by atoms with Crippen LogP contribution in [0.3, 0.4) is 0 Å². The minimum Gasteiger partial charge on any atom is -0.458 e. The number of likely N-dealkylation sites (tertiary alicyclic amines) is 1. The number of hydrogen-bond acceptors (Lipinski definition) is 4. The molecule has 0 amide bonds. The van der Waals surface area contributed by atoms with E-state index in [1.54, 1.807) is 48.5 Å². The number of ether oxygens (including phenoxy) is 1. The van der Waals surface area contributed by atoms with Gasteiger partial charge in [-0.1, -0.05) is 60.7 Å². The van der Waals surface area contributed by atoms with Gasteiger partial charge in [-0.05, 0) is 36.9 Å². The van der Waals surface area contributed by atoms with E-state index >= 15 is 0 Å². The normalized spacial score (nSPS) is 18.2. The van der Waals surface area contributed by atoms with E-state index in [4.69, 9.17) is 4.74 Å². The highest BCUT2D eigenvalue weighted by Crippen LogP contribution is 2.32. The number of benzene rings is 2. The number of aliphatic hydroxyl groups is 1. The molecule has 3 rings (SSSR count). The largest absolute Gasteiger partial charge is 0.458 e. The van der Waals surface area contributed by atoms with Crippen molar-refractivity contribution in [3.8, 4) is 0 Å². The molecule has 1 aliphatic rings. The summed E-state index contributed by atoms with van der Waals surface area (Å²) in [6.45, 7) is 1.77. The van der Waals surface area contributed by atoms with E-state index in [0.717, 1.165) is 19.4 Å². The van der Waals surface area contributed by atoms with Gasteiger partial charge in [0.05, 0.1) is 6.67 Å². The average Bonchev–Trinajstić information content (AvgIpc) is 2.73. The lowest BCUT2D eigenvalue weighted by Crippen LogP contribution is -2.45. The third-order valence-electron chi connectivity index (χ3n) is 5.02. The zero-order chi connectivity index (χ0) is 19.1. The Balaban J connectivity index is 1.80. The highest BCUT2D eigenvalue weighted by molar-refractivity contribution is 5.85. The topological polar surface area (TPSA) is 49.8 Å². The highest BCUT2D eigenvalue weighted by atomic mass is 19.1. The van der Waals surface area contributed by atoms with Crippen molar-refractivity contribution < 1.29 is 19.0 Å². The molecular weight excluding hydrogens is 345 g/mol. The van der Waals surface area contributed by atoms with Crippen molar-refractivity contribution in [3.05, 3.63) is 71.8 Å². The van der Waals surface area contributed by atoms with Crippen molar-refractivity contribution in [2.75, 3.05) is 26.3 Å². The van der Waals surface area contributed by atoms with Crippen molar-refractivity contribution in [1.29, 1.82) is 0 Å². The maximum Gasteiger partial charge on any atom is 0.348 e. The van der Waals surface area contributed by atoms with Crippen LogP contribution in [0.1, 0.15) is 30.4 Å². The van der Waals surface area contributed by atoms with Gasteiger partial charge in [0.15, 0.2) is 0 Å². The number of nitrogens with zero attached hydrogens (tertiary/aromatic N) is 1. The fourth-order valence-electron chi connectivity index (χ4n) is 3.59. The molecule has 27 heavy (non-hydrogen) atoms. The van der Waals surface area contributed by atoms with Gasteiger partial charge < -0.3 is 9.84 Å². The van der Waals surface area contributed by atoms with Gasteiger partial charge in [-0.2, -0.15) is 0 Å². The molecule has 2 aromatic rings. The van der Waals surface area contributed by atoms with E-state index in [1.165, 1.54) is 0 Å². The number of carbonyl (C=O) groups excluding carboxylic acids is 1. The first-order valence-electron chi connectivity index (χ1n) is 9.47. The second kappa shape index (κ2) is 9.11. The molecule has 0 bridgehead atoms. The van der Waals surface area contributed by atoms with Gasteiger partial charge in [0, 0.05) is 13.1 Å². The summed E-state index contributed by atoms with van der Waals surface area (Å²) in [7, 11) is 0. The lowest BCUT2D eigenvalue weighted by Gasteiger charge is -2.35. The Morgan fingerprint density at radius 3 is 2.26 bits per heavy atom. The van der Waals surface area contributed by atoms with E-state index in [0.29, 0.717) is 30.6 Å². The monoisotopic (exact) mass is 371 g/mol. The SMILES string of the molecule is O=C(OC1CCCN(CCCF)C1)C(O)(c1ccccc1)c1ccccc1. The molecule has 0 spiro atoms. The minimum absolute atomic E-state index is 0.301. The fourth-order valence-corrected chi connectivity index (χ4v) is 3.59. The van der Waals surface area contributed by atoms with Crippen LogP contribution in [-0.2, 0) is 15.1 Å². The third kappa shape index (κ3) is 4.54. The molecule has 1 atom stereocenters. The maximum absolute atomic E-state index is 13.1. The first-order chi connectivity index (χ1) is 13.1.